The third-order valence-electron chi connectivity index (χ3n) is 5.38. The minimum atomic E-state index is -4.32. The smallest absolute Gasteiger partial charge is 0.411 e. The number of carbonyl (C=O) groups is 2. The van der Waals surface area contributed by atoms with Gasteiger partial charge in [0.1, 0.15) is 5.65 Å². The molecule has 4 heterocycles. The van der Waals surface area contributed by atoms with Crippen molar-refractivity contribution >= 4 is 28.7 Å². The fraction of sp³-hybridized carbons (Fsp3) is 0.333. The number of alkyl halides is 3. The fourth-order valence-electron chi connectivity index (χ4n) is 3.76. The summed E-state index contributed by atoms with van der Waals surface area (Å²) in [5.41, 5.74) is 1.81. The molecule has 3 aromatic rings. The number of nitrogens with zero attached hydrogens (tertiary/aromatic N) is 4. The van der Waals surface area contributed by atoms with Crippen LogP contribution in [-0.4, -0.2) is 57.8 Å². The van der Waals surface area contributed by atoms with Gasteiger partial charge in [0.05, 0.1) is 42.4 Å². The summed E-state index contributed by atoms with van der Waals surface area (Å²) < 4.78 is 45.5. The van der Waals surface area contributed by atoms with E-state index < -0.39 is 24.1 Å². The molecule has 1 atom stereocenters. The van der Waals surface area contributed by atoms with Gasteiger partial charge in [-0.1, -0.05) is 0 Å². The molecule has 0 unspecified atom stereocenters. The van der Waals surface area contributed by atoms with E-state index in [0.29, 0.717) is 28.8 Å². The van der Waals surface area contributed by atoms with Crippen molar-refractivity contribution in [2.75, 3.05) is 25.5 Å². The molecule has 0 spiro atoms. The summed E-state index contributed by atoms with van der Waals surface area (Å²) in [6.45, 7) is -0.0524. The number of hydrogen-bond acceptors (Lipinski definition) is 5. The topological polar surface area (TPSA) is 89.3 Å². The van der Waals surface area contributed by atoms with Crippen molar-refractivity contribution in [1.29, 1.82) is 0 Å². The monoisotopic (exact) mass is 447 g/mol. The molecule has 11 heteroatoms. The lowest BCUT2D eigenvalue weighted by atomic mass is 9.97. The maximum absolute atomic E-state index is 13.1. The molecular weight excluding hydrogens is 427 g/mol. The van der Waals surface area contributed by atoms with Gasteiger partial charge < -0.3 is 9.64 Å². The number of pyridine rings is 2. The van der Waals surface area contributed by atoms with Crippen molar-refractivity contribution < 1.29 is 27.5 Å². The predicted octanol–water partition coefficient (Wildman–Crippen LogP) is 4.01. The summed E-state index contributed by atoms with van der Waals surface area (Å²) in [5, 5.41) is 3.17. The zero-order valence-electron chi connectivity index (χ0n) is 17.1. The molecule has 1 fully saturated rings. The number of anilines is 1. The van der Waals surface area contributed by atoms with Crippen LogP contribution in [-0.2, 0) is 4.74 Å². The number of halogens is 3. The number of piperidine rings is 1. The third kappa shape index (κ3) is 4.36. The highest BCUT2D eigenvalue weighted by molar-refractivity contribution is 5.97. The van der Waals surface area contributed by atoms with Gasteiger partial charge in [-0.05, 0) is 31.0 Å². The molecular formula is C21H20F3N5O3. The number of methoxy groups -OCH3 is 1. The Morgan fingerprint density at radius 1 is 1.22 bits per heavy atom. The largest absolute Gasteiger partial charge is 0.453 e. The number of rotatable bonds is 3. The molecule has 0 saturated carbocycles. The number of fused-ring (bicyclic) bond motifs is 1. The van der Waals surface area contributed by atoms with Crippen LogP contribution in [0.1, 0.15) is 23.2 Å². The Bertz CT molecular complexity index is 1160. The molecule has 0 bridgehead atoms. The van der Waals surface area contributed by atoms with Crippen LogP contribution in [0.2, 0.25) is 0 Å². The Balaban J connectivity index is 1.58. The van der Waals surface area contributed by atoms with Crippen LogP contribution in [0.4, 0.5) is 23.7 Å². The summed E-state index contributed by atoms with van der Waals surface area (Å²) in [7, 11) is 1.25. The summed E-state index contributed by atoms with van der Waals surface area (Å²) in [4.78, 5) is 33.9. The zero-order valence-corrected chi connectivity index (χ0v) is 17.1. The maximum atomic E-state index is 13.1. The first-order valence-corrected chi connectivity index (χ1v) is 9.90. The average Bonchev–Trinajstić information content (AvgIpc) is 3.21. The number of amides is 2. The van der Waals surface area contributed by atoms with Gasteiger partial charge in [-0.3, -0.25) is 19.7 Å². The first-order valence-electron chi connectivity index (χ1n) is 9.90. The van der Waals surface area contributed by atoms with Crippen molar-refractivity contribution in [2.45, 2.75) is 19.0 Å². The van der Waals surface area contributed by atoms with Crippen LogP contribution in [0, 0.1) is 5.92 Å². The molecule has 1 aliphatic heterocycles. The van der Waals surface area contributed by atoms with Crippen LogP contribution >= 0.6 is 0 Å². The molecule has 1 N–H and O–H groups in total. The molecule has 32 heavy (non-hydrogen) atoms. The van der Waals surface area contributed by atoms with Gasteiger partial charge in [0.15, 0.2) is 0 Å². The Kier molecular flexibility index (Phi) is 5.72. The van der Waals surface area contributed by atoms with Crippen LogP contribution < -0.4 is 5.32 Å². The maximum Gasteiger partial charge on any atom is 0.411 e. The van der Waals surface area contributed by atoms with Crippen LogP contribution in [0.25, 0.3) is 16.7 Å². The quantitative estimate of drug-likeness (QED) is 0.655. The molecule has 4 rings (SSSR count). The number of carbonyl (C=O) groups excluding carboxylic acids is 2. The highest BCUT2D eigenvalue weighted by atomic mass is 19.4. The second-order valence-electron chi connectivity index (χ2n) is 7.50. The highest BCUT2D eigenvalue weighted by Crippen LogP contribution is 2.33. The SMILES string of the molecule is COC(=O)Nc1cncc(-n2ccc3cc(C(=O)N4CCC[C@H](C(F)(F)F)C4)cnc32)c1. The van der Waals surface area contributed by atoms with Gasteiger partial charge >= 0.3 is 12.3 Å². The van der Waals surface area contributed by atoms with E-state index in [9.17, 15) is 22.8 Å². The second-order valence-corrected chi connectivity index (χ2v) is 7.50. The Morgan fingerprint density at radius 3 is 2.78 bits per heavy atom. The lowest BCUT2D eigenvalue weighted by Gasteiger charge is -2.33. The number of nitrogens with one attached hydrogen (secondary N) is 1. The van der Waals surface area contributed by atoms with E-state index in [1.165, 1.54) is 24.4 Å². The van der Waals surface area contributed by atoms with Gasteiger partial charge in [0.2, 0.25) is 0 Å². The number of aromatic nitrogens is 3. The molecule has 0 radical (unpaired) electrons. The van der Waals surface area contributed by atoms with Crippen molar-refractivity contribution in [2.24, 2.45) is 5.92 Å². The van der Waals surface area contributed by atoms with Crippen molar-refractivity contribution in [1.82, 2.24) is 19.4 Å². The third-order valence-corrected chi connectivity index (χ3v) is 5.38. The summed E-state index contributed by atoms with van der Waals surface area (Å²) in [6, 6.07) is 5.03. The number of hydrogen-bond donors (Lipinski definition) is 1. The van der Waals surface area contributed by atoms with Crippen molar-refractivity contribution in [3.63, 3.8) is 0 Å². The van der Waals surface area contributed by atoms with E-state index in [1.54, 1.807) is 35.2 Å². The Hall–Kier alpha value is -3.63. The standard InChI is InChI=1S/C21H20F3N5O3/c1-32-20(31)27-16-8-17(11-25-10-16)29-6-4-13-7-14(9-26-18(13)29)19(30)28-5-2-3-15(12-28)21(22,23)24/h4,6-11,15H,2-3,5,12H2,1H3,(H,27,31)/t15-/m0/s1. The van der Waals surface area contributed by atoms with E-state index >= 15 is 0 Å². The van der Waals surface area contributed by atoms with Crippen molar-refractivity contribution in [3.05, 3.63) is 48.5 Å². The lowest BCUT2D eigenvalue weighted by molar-refractivity contribution is -0.184. The molecule has 0 aliphatic carbocycles. The molecule has 3 aromatic heterocycles. The second kappa shape index (κ2) is 8.48. The number of likely N-dealkylation sites (tertiary alicyclic amines) is 1. The van der Waals surface area contributed by atoms with Gasteiger partial charge in [-0.25, -0.2) is 9.78 Å². The first-order chi connectivity index (χ1) is 15.3. The van der Waals surface area contributed by atoms with Crippen LogP contribution in [0.5, 0.6) is 0 Å². The summed E-state index contributed by atoms with van der Waals surface area (Å²) in [5.74, 6) is -1.97. The van der Waals surface area contributed by atoms with Gasteiger partial charge in [0.25, 0.3) is 5.91 Å². The minimum absolute atomic E-state index is 0.0331. The van der Waals surface area contributed by atoms with E-state index in [2.05, 4.69) is 20.0 Å². The van der Waals surface area contributed by atoms with Gasteiger partial charge in [-0.2, -0.15) is 13.2 Å². The molecule has 168 valence electrons. The van der Waals surface area contributed by atoms with Crippen LogP contribution in [0.15, 0.2) is 43.0 Å². The molecule has 2 amide bonds. The van der Waals surface area contributed by atoms with E-state index in [4.69, 9.17) is 0 Å². The molecule has 1 aliphatic rings. The Labute approximate surface area is 181 Å². The zero-order chi connectivity index (χ0) is 22.9. The van der Waals surface area contributed by atoms with E-state index in [1.807, 2.05) is 0 Å². The first kappa shape index (κ1) is 21.6. The average molecular weight is 447 g/mol. The molecule has 1 saturated heterocycles. The Morgan fingerprint density at radius 2 is 2.03 bits per heavy atom. The lowest BCUT2D eigenvalue weighted by Crippen LogP contribution is -2.44. The van der Waals surface area contributed by atoms with E-state index in [-0.39, 0.29) is 25.1 Å². The van der Waals surface area contributed by atoms with Crippen molar-refractivity contribution in [3.8, 4) is 5.69 Å². The molecule has 0 aromatic carbocycles. The van der Waals surface area contributed by atoms with E-state index in [0.717, 1.165) is 0 Å². The summed E-state index contributed by atoms with van der Waals surface area (Å²) >= 11 is 0. The van der Waals surface area contributed by atoms with Crippen LogP contribution in [0.3, 0.4) is 0 Å². The molecule has 8 nitrogen and oxygen atoms in total. The summed E-state index contributed by atoms with van der Waals surface area (Å²) in [6.07, 6.45) is 1.53. The predicted molar refractivity (Wildman–Crippen MR) is 110 cm³/mol. The normalized spacial score (nSPS) is 16.8. The minimum Gasteiger partial charge on any atom is -0.453 e. The number of ether oxygens (including phenoxy) is 1. The van der Waals surface area contributed by atoms with Gasteiger partial charge in [-0.15, -0.1) is 0 Å². The van der Waals surface area contributed by atoms with Gasteiger partial charge in [0, 0.05) is 30.9 Å². The highest BCUT2D eigenvalue weighted by Gasteiger charge is 2.42. The fourth-order valence-corrected chi connectivity index (χ4v) is 3.76.